The first kappa shape index (κ1) is 29.5. The molecule has 0 aliphatic heterocycles. The highest BCUT2D eigenvalue weighted by atomic mass is 16.2. The van der Waals surface area contributed by atoms with Crippen LogP contribution in [0.25, 0.3) is 12.2 Å². The summed E-state index contributed by atoms with van der Waals surface area (Å²) in [5, 5.41) is 2.72. The molecule has 0 saturated carbocycles. The summed E-state index contributed by atoms with van der Waals surface area (Å²) < 4.78 is 0. The van der Waals surface area contributed by atoms with Crippen molar-refractivity contribution in [2.45, 2.75) is 46.2 Å². The highest BCUT2D eigenvalue weighted by Gasteiger charge is 2.26. The number of nitrogens with two attached hydrogens (primary N) is 1. The highest BCUT2D eigenvalue weighted by molar-refractivity contribution is 6.38. The summed E-state index contributed by atoms with van der Waals surface area (Å²) in [6.45, 7) is 9.77. The summed E-state index contributed by atoms with van der Waals surface area (Å²) in [5.41, 5.74) is 9.48. The Hall–Kier alpha value is -4.03. The van der Waals surface area contributed by atoms with Crippen LogP contribution in [0.4, 0.5) is 0 Å². The van der Waals surface area contributed by atoms with Gasteiger partial charge in [0.25, 0.3) is 11.8 Å². The summed E-state index contributed by atoms with van der Waals surface area (Å²) >= 11 is 0. The Balaban J connectivity index is 1.73. The smallest absolute Gasteiger partial charge is 0.287 e. The van der Waals surface area contributed by atoms with E-state index in [2.05, 4.69) is 55.3 Å². The molecule has 0 fully saturated rings. The molecule has 0 bridgehead atoms. The third-order valence-electron chi connectivity index (χ3n) is 6.36. The van der Waals surface area contributed by atoms with Gasteiger partial charge in [-0.25, -0.2) is 0 Å². The molecule has 0 aromatic heterocycles. The first-order chi connectivity index (χ1) is 18.8. The van der Waals surface area contributed by atoms with Gasteiger partial charge in [-0.15, -0.1) is 0 Å². The molecule has 0 heterocycles. The SMILES string of the molecule is CCCN(Cc1ccc(/C=C/c2ccccc2C(=O)NC(Cc2ccccc2)C(=O)C(N)=O)cc1)CC(C)C. The van der Waals surface area contributed by atoms with E-state index >= 15 is 0 Å². The number of carbonyl (C=O) groups is 3. The minimum absolute atomic E-state index is 0.172. The Labute approximate surface area is 231 Å². The van der Waals surface area contributed by atoms with Crippen molar-refractivity contribution in [2.75, 3.05) is 13.1 Å². The summed E-state index contributed by atoms with van der Waals surface area (Å²) in [7, 11) is 0. The molecule has 1 unspecified atom stereocenters. The van der Waals surface area contributed by atoms with Gasteiger partial charge in [-0.05, 0) is 47.2 Å². The van der Waals surface area contributed by atoms with Gasteiger partial charge in [0.05, 0.1) is 0 Å². The van der Waals surface area contributed by atoms with E-state index in [1.807, 2.05) is 54.6 Å². The molecule has 204 valence electrons. The molecule has 0 saturated heterocycles. The molecule has 3 aromatic rings. The van der Waals surface area contributed by atoms with Crippen LogP contribution in [0.1, 0.15) is 59.8 Å². The van der Waals surface area contributed by atoms with Crippen LogP contribution in [0, 0.1) is 5.92 Å². The zero-order valence-corrected chi connectivity index (χ0v) is 23.1. The second-order valence-electron chi connectivity index (χ2n) is 10.2. The molecule has 0 spiro atoms. The number of primary amides is 1. The Bertz CT molecular complexity index is 1270. The lowest BCUT2D eigenvalue weighted by molar-refractivity contribution is -0.137. The molecule has 3 aromatic carbocycles. The van der Waals surface area contributed by atoms with E-state index in [-0.39, 0.29) is 6.42 Å². The Kier molecular flexibility index (Phi) is 11.2. The van der Waals surface area contributed by atoms with Gasteiger partial charge < -0.3 is 11.1 Å². The molecular formula is C33H39N3O3. The Morgan fingerprint density at radius 1 is 0.872 bits per heavy atom. The van der Waals surface area contributed by atoms with E-state index in [4.69, 9.17) is 5.73 Å². The average molecular weight is 526 g/mol. The van der Waals surface area contributed by atoms with Crippen LogP contribution in [-0.2, 0) is 22.6 Å². The highest BCUT2D eigenvalue weighted by Crippen LogP contribution is 2.16. The largest absolute Gasteiger partial charge is 0.363 e. The van der Waals surface area contributed by atoms with Crippen LogP contribution < -0.4 is 11.1 Å². The van der Waals surface area contributed by atoms with Gasteiger partial charge in [0.2, 0.25) is 5.78 Å². The minimum atomic E-state index is -1.07. The van der Waals surface area contributed by atoms with Crippen molar-refractivity contribution < 1.29 is 14.4 Å². The number of ketones is 1. The number of nitrogens with zero attached hydrogens (tertiary/aromatic N) is 1. The van der Waals surface area contributed by atoms with E-state index in [1.54, 1.807) is 12.1 Å². The number of hydrogen-bond donors (Lipinski definition) is 2. The number of carbonyl (C=O) groups excluding carboxylic acids is 3. The van der Waals surface area contributed by atoms with E-state index in [1.165, 1.54) is 5.56 Å². The standard InChI is InChI=1S/C33H39N3O3/c1-4-20-36(22-24(2)3)23-27-16-14-25(15-17-27)18-19-28-12-8-9-13-29(28)33(39)35-30(31(37)32(34)38)21-26-10-6-5-7-11-26/h5-19,24,30H,4,20-23H2,1-3H3,(H2,34,38)(H,35,39)/b19-18+. The first-order valence-electron chi connectivity index (χ1n) is 13.5. The molecule has 0 radical (unpaired) electrons. The van der Waals surface area contributed by atoms with Gasteiger partial charge >= 0.3 is 0 Å². The number of nitrogens with one attached hydrogen (secondary N) is 1. The summed E-state index contributed by atoms with van der Waals surface area (Å²) in [6, 6.07) is 23.8. The number of benzene rings is 3. The fourth-order valence-corrected chi connectivity index (χ4v) is 4.56. The van der Waals surface area contributed by atoms with E-state index in [0.29, 0.717) is 17.0 Å². The predicted octanol–water partition coefficient (Wildman–Crippen LogP) is 5.12. The maximum atomic E-state index is 13.2. The molecule has 0 aliphatic rings. The third kappa shape index (κ3) is 9.34. The van der Waals surface area contributed by atoms with Crippen molar-refractivity contribution in [2.24, 2.45) is 11.7 Å². The summed E-state index contributed by atoms with van der Waals surface area (Å²) in [5.74, 6) is -1.72. The fraction of sp³-hybridized carbons (Fsp3) is 0.303. The second-order valence-corrected chi connectivity index (χ2v) is 10.2. The van der Waals surface area contributed by atoms with Crippen molar-refractivity contribution in [3.8, 4) is 0 Å². The predicted molar refractivity (Wildman–Crippen MR) is 158 cm³/mol. The average Bonchev–Trinajstić information content (AvgIpc) is 2.92. The molecular weight excluding hydrogens is 486 g/mol. The van der Waals surface area contributed by atoms with Gasteiger partial charge in [-0.1, -0.05) is 106 Å². The molecule has 3 N–H and O–H groups in total. The molecule has 2 amide bonds. The number of Topliss-reactive ketones (excluding diaryl/α,β-unsaturated/α-hetero) is 1. The monoisotopic (exact) mass is 525 g/mol. The van der Waals surface area contributed by atoms with Crippen LogP contribution in [-0.4, -0.2) is 41.6 Å². The minimum Gasteiger partial charge on any atom is -0.363 e. The molecule has 0 aliphatic carbocycles. The molecule has 6 heteroatoms. The van der Waals surface area contributed by atoms with Crippen LogP contribution in [0.15, 0.2) is 78.9 Å². The molecule has 1 atom stereocenters. The van der Waals surface area contributed by atoms with E-state index in [0.717, 1.165) is 37.2 Å². The van der Waals surface area contributed by atoms with Gasteiger partial charge in [-0.3, -0.25) is 19.3 Å². The number of hydrogen-bond acceptors (Lipinski definition) is 4. The zero-order chi connectivity index (χ0) is 28.2. The van der Waals surface area contributed by atoms with Crippen molar-refractivity contribution in [1.29, 1.82) is 0 Å². The second kappa shape index (κ2) is 14.8. The maximum Gasteiger partial charge on any atom is 0.287 e. The van der Waals surface area contributed by atoms with Crippen LogP contribution >= 0.6 is 0 Å². The zero-order valence-electron chi connectivity index (χ0n) is 23.1. The van der Waals surface area contributed by atoms with E-state index < -0.39 is 23.6 Å². The van der Waals surface area contributed by atoms with Crippen LogP contribution in [0.2, 0.25) is 0 Å². The fourth-order valence-electron chi connectivity index (χ4n) is 4.56. The van der Waals surface area contributed by atoms with Gasteiger partial charge in [0.1, 0.15) is 6.04 Å². The van der Waals surface area contributed by atoms with Crippen molar-refractivity contribution in [3.63, 3.8) is 0 Å². The number of rotatable bonds is 14. The van der Waals surface area contributed by atoms with Crippen molar-refractivity contribution >= 4 is 29.7 Å². The summed E-state index contributed by atoms with van der Waals surface area (Å²) in [6.07, 6.45) is 5.15. The lowest BCUT2D eigenvalue weighted by Gasteiger charge is -2.23. The van der Waals surface area contributed by atoms with Crippen molar-refractivity contribution in [1.82, 2.24) is 10.2 Å². The van der Waals surface area contributed by atoms with E-state index in [9.17, 15) is 14.4 Å². The van der Waals surface area contributed by atoms with Gasteiger partial charge in [0.15, 0.2) is 0 Å². The summed E-state index contributed by atoms with van der Waals surface area (Å²) in [4.78, 5) is 39.8. The molecule has 39 heavy (non-hydrogen) atoms. The quantitative estimate of drug-likeness (QED) is 0.226. The third-order valence-corrected chi connectivity index (χ3v) is 6.36. The normalized spacial score (nSPS) is 12.1. The van der Waals surface area contributed by atoms with Crippen LogP contribution in [0.3, 0.4) is 0 Å². The number of amides is 2. The maximum absolute atomic E-state index is 13.2. The topological polar surface area (TPSA) is 92.5 Å². The van der Waals surface area contributed by atoms with Crippen molar-refractivity contribution in [3.05, 3.63) is 107 Å². The molecule has 3 rings (SSSR count). The Morgan fingerprint density at radius 2 is 1.54 bits per heavy atom. The first-order valence-corrected chi connectivity index (χ1v) is 13.5. The lowest BCUT2D eigenvalue weighted by atomic mass is 10.00. The Morgan fingerprint density at radius 3 is 2.18 bits per heavy atom. The van der Waals surface area contributed by atoms with Crippen LogP contribution in [0.5, 0.6) is 0 Å². The van der Waals surface area contributed by atoms with Gasteiger partial charge in [0, 0.05) is 25.1 Å². The lowest BCUT2D eigenvalue weighted by Crippen LogP contribution is -2.47. The van der Waals surface area contributed by atoms with Gasteiger partial charge in [-0.2, -0.15) is 0 Å². The molecule has 6 nitrogen and oxygen atoms in total.